The van der Waals surface area contributed by atoms with Gasteiger partial charge in [0.15, 0.2) is 0 Å². The Bertz CT molecular complexity index is 327. The van der Waals surface area contributed by atoms with Gasteiger partial charge in [-0.25, -0.2) is 0 Å². The number of hydrogen-bond donors (Lipinski definition) is 0. The minimum absolute atomic E-state index is 0.0398. The van der Waals surface area contributed by atoms with Crippen molar-refractivity contribution in [2.24, 2.45) is 0 Å². The Labute approximate surface area is 88.7 Å². The molecule has 14 heavy (non-hydrogen) atoms. The molecule has 0 radical (unpaired) electrons. The molecule has 0 saturated heterocycles. The molecule has 0 aliphatic carbocycles. The molecule has 0 amide bonds. The highest BCUT2D eigenvalue weighted by Crippen LogP contribution is 2.39. The first-order valence-electron chi connectivity index (χ1n) is 3.70. The fourth-order valence-electron chi connectivity index (χ4n) is 0.956. The Balaban J connectivity index is 3.02. The zero-order valence-corrected chi connectivity index (χ0v) is 8.80. The summed E-state index contributed by atoms with van der Waals surface area (Å²) in [6, 6.07) is 1.32. The van der Waals surface area contributed by atoms with Crippen LogP contribution in [0.1, 0.15) is 11.3 Å². The summed E-state index contributed by atoms with van der Waals surface area (Å²) in [5.74, 6) is 0.0398. The van der Waals surface area contributed by atoms with E-state index in [0.29, 0.717) is 11.3 Å². The second-order valence-electron chi connectivity index (χ2n) is 2.55. The van der Waals surface area contributed by atoms with Gasteiger partial charge in [0.1, 0.15) is 0 Å². The maximum absolute atomic E-state index is 12.1. The first-order valence-corrected chi connectivity index (χ1v) is 5.05. The largest absolute Gasteiger partial charge is 0.446 e. The number of hydrogen-bond acceptors (Lipinski definition) is 2. The van der Waals surface area contributed by atoms with Gasteiger partial charge in [-0.1, -0.05) is 0 Å². The number of aromatic nitrogens is 1. The average Bonchev–Trinajstić information content (AvgIpc) is 2.01. The van der Waals surface area contributed by atoms with E-state index >= 15 is 0 Å². The molecular formula is C8H7ClF3NS. The van der Waals surface area contributed by atoms with E-state index in [1.807, 2.05) is 0 Å². The summed E-state index contributed by atoms with van der Waals surface area (Å²) in [5, 5.41) is 0. The number of pyridine rings is 1. The Morgan fingerprint density at radius 3 is 2.64 bits per heavy atom. The number of thioether (sulfide) groups is 1. The lowest BCUT2D eigenvalue weighted by molar-refractivity contribution is -0.0328. The summed E-state index contributed by atoms with van der Waals surface area (Å²) < 4.78 is 36.3. The molecule has 0 fully saturated rings. The van der Waals surface area contributed by atoms with Gasteiger partial charge in [-0.05, 0) is 24.8 Å². The molecule has 6 heteroatoms. The van der Waals surface area contributed by atoms with Gasteiger partial charge in [-0.15, -0.1) is 11.6 Å². The summed E-state index contributed by atoms with van der Waals surface area (Å²) in [5.41, 5.74) is -3.31. The highest BCUT2D eigenvalue weighted by Gasteiger charge is 2.30. The van der Waals surface area contributed by atoms with Crippen molar-refractivity contribution in [2.75, 3.05) is 0 Å². The lowest BCUT2D eigenvalue weighted by Gasteiger charge is -2.10. The van der Waals surface area contributed by atoms with Crippen LogP contribution < -0.4 is 0 Å². The molecule has 78 valence electrons. The van der Waals surface area contributed by atoms with Gasteiger partial charge in [0, 0.05) is 22.3 Å². The quantitative estimate of drug-likeness (QED) is 0.578. The van der Waals surface area contributed by atoms with Crippen molar-refractivity contribution in [3.8, 4) is 0 Å². The molecule has 0 aliphatic heterocycles. The molecular weight excluding hydrogens is 235 g/mol. The predicted molar refractivity (Wildman–Crippen MR) is 50.4 cm³/mol. The molecule has 0 spiro atoms. The Kier molecular flexibility index (Phi) is 3.66. The van der Waals surface area contributed by atoms with Gasteiger partial charge in [-0.3, -0.25) is 4.98 Å². The van der Waals surface area contributed by atoms with Gasteiger partial charge in [-0.2, -0.15) is 13.2 Å². The Morgan fingerprint density at radius 1 is 1.50 bits per heavy atom. The summed E-state index contributed by atoms with van der Waals surface area (Å²) in [7, 11) is 0. The van der Waals surface area contributed by atoms with E-state index in [2.05, 4.69) is 4.98 Å². The molecule has 0 atom stereocenters. The summed E-state index contributed by atoms with van der Waals surface area (Å²) >= 11 is 5.39. The first-order chi connectivity index (χ1) is 6.44. The molecule has 0 unspecified atom stereocenters. The van der Waals surface area contributed by atoms with E-state index in [1.165, 1.54) is 12.3 Å². The molecule has 1 nitrogen and oxygen atoms in total. The van der Waals surface area contributed by atoms with Crippen molar-refractivity contribution >= 4 is 23.4 Å². The number of halogens is 4. The van der Waals surface area contributed by atoms with E-state index < -0.39 is 5.51 Å². The highest BCUT2D eigenvalue weighted by atomic mass is 35.5. The topological polar surface area (TPSA) is 12.9 Å². The van der Waals surface area contributed by atoms with Gasteiger partial charge in [0.2, 0.25) is 0 Å². The third-order valence-corrected chi connectivity index (χ3v) is 2.69. The molecule has 1 aromatic heterocycles. The SMILES string of the molecule is Cc1nccc(SC(F)(F)F)c1CCl. The molecule has 1 aromatic rings. The van der Waals surface area contributed by atoms with Crippen molar-refractivity contribution in [3.63, 3.8) is 0 Å². The van der Waals surface area contributed by atoms with Crippen LogP contribution in [0.15, 0.2) is 17.2 Å². The van der Waals surface area contributed by atoms with Gasteiger partial charge < -0.3 is 0 Å². The molecule has 0 bridgehead atoms. The maximum atomic E-state index is 12.1. The third kappa shape index (κ3) is 3.06. The zero-order chi connectivity index (χ0) is 10.8. The van der Waals surface area contributed by atoms with E-state index in [4.69, 9.17) is 11.6 Å². The van der Waals surface area contributed by atoms with E-state index in [0.717, 1.165) is 0 Å². The smallest absolute Gasteiger partial charge is 0.261 e. The van der Waals surface area contributed by atoms with Gasteiger partial charge in [0.25, 0.3) is 0 Å². The van der Waals surface area contributed by atoms with Crippen LogP contribution in [0.2, 0.25) is 0 Å². The summed E-state index contributed by atoms with van der Waals surface area (Å²) in [6.07, 6.45) is 1.35. The first kappa shape index (κ1) is 11.7. The van der Waals surface area contributed by atoms with Crippen LogP contribution in [0.5, 0.6) is 0 Å². The van der Waals surface area contributed by atoms with E-state index in [9.17, 15) is 13.2 Å². The van der Waals surface area contributed by atoms with Crippen LogP contribution in [0.3, 0.4) is 0 Å². The van der Waals surface area contributed by atoms with Crippen molar-refractivity contribution in [2.45, 2.75) is 23.2 Å². The van der Waals surface area contributed by atoms with Crippen molar-refractivity contribution in [3.05, 3.63) is 23.5 Å². The monoisotopic (exact) mass is 241 g/mol. The molecule has 0 aliphatic rings. The van der Waals surface area contributed by atoms with Crippen LogP contribution in [-0.2, 0) is 5.88 Å². The molecule has 1 heterocycles. The molecule has 1 rings (SSSR count). The lowest BCUT2D eigenvalue weighted by Crippen LogP contribution is -2.02. The fourth-order valence-corrected chi connectivity index (χ4v) is 2.09. The Hall–Kier alpha value is -0.420. The molecule has 0 aromatic carbocycles. The number of alkyl halides is 4. The van der Waals surface area contributed by atoms with E-state index in [1.54, 1.807) is 6.92 Å². The van der Waals surface area contributed by atoms with Gasteiger partial charge in [0.05, 0.1) is 5.88 Å². The third-order valence-electron chi connectivity index (χ3n) is 1.59. The minimum Gasteiger partial charge on any atom is -0.261 e. The molecule has 0 N–H and O–H groups in total. The highest BCUT2D eigenvalue weighted by molar-refractivity contribution is 8.00. The number of rotatable bonds is 2. The van der Waals surface area contributed by atoms with Crippen molar-refractivity contribution in [1.29, 1.82) is 0 Å². The van der Waals surface area contributed by atoms with Crippen LogP contribution >= 0.6 is 23.4 Å². The zero-order valence-electron chi connectivity index (χ0n) is 7.23. The van der Waals surface area contributed by atoms with Gasteiger partial charge >= 0.3 is 5.51 Å². The lowest BCUT2D eigenvalue weighted by atomic mass is 10.2. The standard InChI is InChI=1S/C8H7ClF3NS/c1-5-6(4-9)7(2-3-13-5)14-8(10,11)12/h2-3H,4H2,1H3. The maximum Gasteiger partial charge on any atom is 0.446 e. The second kappa shape index (κ2) is 4.40. The molecule has 0 saturated carbocycles. The predicted octanol–water partition coefficient (Wildman–Crippen LogP) is 3.74. The average molecular weight is 242 g/mol. The summed E-state index contributed by atoms with van der Waals surface area (Å²) in [4.78, 5) is 4.00. The Morgan fingerprint density at radius 2 is 2.14 bits per heavy atom. The minimum atomic E-state index is -4.28. The second-order valence-corrected chi connectivity index (χ2v) is 3.93. The van der Waals surface area contributed by atoms with E-state index in [-0.39, 0.29) is 22.5 Å². The van der Waals surface area contributed by atoms with Crippen molar-refractivity contribution in [1.82, 2.24) is 4.98 Å². The fraction of sp³-hybridized carbons (Fsp3) is 0.375. The normalized spacial score (nSPS) is 11.8. The number of aryl methyl sites for hydroxylation is 1. The van der Waals surface area contributed by atoms with Crippen molar-refractivity contribution < 1.29 is 13.2 Å². The number of nitrogens with zero attached hydrogens (tertiary/aromatic N) is 1. The van der Waals surface area contributed by atoms with Crippen LogP contribution in [-0.4, -0.2) is 10.5 Å². The van der Waals surface area contributed by atoms with Crippen LogP contribution in [0.25, 0.3) is 0 Å². The van der Waals surface area contributed by atoms with Crippen LogP contribution in [0.4, 0.5) is 13.2 Å². The summed E-state index contributed by atoms with van der Waals surface area (Å²) in [6.45, 7) is 1.64. The van der Waals surface area contributed by atoms with Crippen LogP contribution in [0, 0.1) is 6.92 Å².